The molecule has 2 aromatic rings. The molecule has 0 fully saturated rings. The third-order valence-electron chi connectivity index (χ3n) is 4.48. The van der Waals surface area contributed by atoms with Crippen LogP contribution in [0.25, 0.3) is 0 Å². The first-order chi connectivity index (χ1) is 13.1. The Bertz CT molecular complexity index is 922. The van der Waals surface area contributed by atoms with Crippen LogP contribution in [0.2, 0.25) is 0 Å². The zero-order chi connectivity index (χ0) is 20.7. The SMILES string of the molecule is CCCCOC1(c2ccc(O)c(O)c2)Oc2cc(O)cc(O)c2C(=O)C1(O)O. The molecular weight excluding hydrogens is 372 g/mol. The molecule has 9 heteroatoms. The van der Waals surface area contributed by atoms with Gasteiger partial charge in [0.15, 0.2) is 11.5 Å². The lowest BCUT2D eigenvalue weighted by Crippen LogP contribution is -2.64. The van der Waals surface area contributed by atoms with Gasteiger partial charge in [0.1, 0.15) is 22.8 Å². The third kappa shape index (κ3) is 2.89. The van der Waals surface area contributed by atoms with Crippen LogP contribution in [-0.2, 0) is 10.5 Å². The van der Waals surface area contributed by atoms with Crippen LogP contribution >= 0.6 is 0 Å². The Kier molecular flexibility index (Phi) is 4.84. The van der Waals surface area contributed by atoms with Crippen LogP contribution in [0.4, 0.5) is 0 Å². The molecule has 150 valence electrons. The fourth-order valence-electron chi connectivity index (χ4n) is 3.01. The molecular formula is C19H20O9. The molecule has 0 amide bonds. The number of phenols is 4. The molecule has 9 nitrogen and oxygen atoms in total. The average Bonchev–Trinajstić information content (AvgIpc) is 2.61. The number of phenolic OH excluding ortho intramolecular Hbond substituents is 4. The number of ether oxygens (including phenoxy) is 2. The minimum absolute atomic E-state index is 0.0472. The summed E-state index contributed by atoms with van der Waals surface area (Å²) >= 11 is 0. The van der Waals surface area contributed by atoms with Crippen molar-refractivity contribution in [2.45, 2.75) is 31.3 Å². The molecule has 1 aliphatic heterocycles. The number of ketones is 1. The largest absolute Gasteiger partial charge is 0.508 e. The highest BCUT2D eigenvalue weighted by atomic mass is 16.7. The van der Waals surface area contributed by atoms with Crippen molar-refractivity contribution in [1.29, 1.82) is 0 Å². The van der Waals surface area contributed by atoms with E-state index in [1.54, 1.807) is 0 Å². The number of rotatable bonds is 5. The highest BCUT2D eigenvalue weighted by Gasteiger charge is 2.64. The van der Waals surface area contributed by atoms with Gasteiger partial charge in [-0.05, 0) is 24.6 Å². The summed E-state index contributed by atoms with van der Waals surface area (Å²) in [6.45, 7) is 1.82. The highest BCUT2D eigenvalue weighted by Crippen LogP contribution is 2.50. The third-order valence-corrected chi connectivity index (χ3v) is 4.48. The Morgan fingerprint density at radius 2 is 1.71 bits per heavy atom. The average molecular weight is 392 g/mol. The first kappa shape index (κ1) is 19.7. The summed E-state index contributed by atoms with van der Waals surface area (Å²) in [5.74, 6) is -9.71. The second kappa shape index (κ2) is 6.86. The van der Waals surface area contributed by atoms with E-state index in [4.69, 9.17) is 9.47 Å². The molecule has 1 atom stereocenters. The molecule has 2 aromatic carbocycles. The molecule has 3 rings (SSSR count). The van der Waals surface area contributed by atoms with Crippen LogP contribution in [0.3, 0.4) is 0 Å². The quantitative estimate of drug-likeness (QED) is 0.252. The number of hydrogen-bond acceptors (Lipinski definition) is 9. The molecule has 0 bridgehead atoms. The number of aromatic hydroxyl groups is 4. The van der Waals surface area contributed by atoms with Crippen LogP contribution < -0.4 is 4.74 Å². The summed E-state index contributed by atoms with van der Waals surface area (Å²) in [5, 5.41) is 60.6. The summed E-state index contributed by atoms with van der Waals surface area (Å²) < 4.78 is 11.3. The van der Waals surface area contributed by atoms with Gasteiger partial charge in [0, 0.05) is 17.7 Å². The standard InChI is InChI=1S/C19H20O9/c1-2-3-6-27-19(10-4-5-12(21)13(22)7-10)18(25,26)17(24)16-14(23)8-11(20)9-15(16)28-19/h4-5,7-9,20-23,25-26H,2-3,6H2,1H3. The van der Waals surface area contributed by atoms with Gasteiger partial charge >= 0.3 is 5.79 Å². The van der Waals surface area contributed by atoms with Gasteiger partial charge in [-0.3, -0.25) is 4.79 Å². The number of benzene rings is 2. The van der Waals surface area contributed by atoms with Crippen LogP contribution in [0.1, 0.15) is 35.7 Å². The Balaban J connectivity index is 2.25. The Morgan fingerprint density at radius 3 is 2.36 bits per heavy atom. The summed E-state index contributed by atoms with van der Waals surface area (Å²) in [6.07, 6.45) is 1.17. The number of fused-ring (bicyclic) bond motifs is 1. The van der Waals surface area contributed by atoms with Gasteiger partial charge in [-0.15, -0.1) is 0 Å². The second-order valence-corrected chi connectivity index (χ2v) is 6.46. The predicted octanol–water partition coefficient (Wildman–Crippen LogP) is 1.43. The van der Waals surface area contributed by atoms with Crippen molar-refractivity contribution >= 4 is 5.78 Å². The minimum Gasteiger partial charge on any atom is -0.508 e. The lowest BCUT2D eigenvalue weighted by molar-refractivity contribution is -0.346. The molecule has 1 heterocycles. The van der Waals surface area contributed by atoms with Gasteiger partial charge in [0.25, 0.3) is 5.79 Å². The number of unbranched alkanes of at least 4 members (excludes halogenated alkanes) is 1. The van der Waals surface area contributed by atoms with E-state index in [0.29, 0.717) is 12.8 Å². The Hall–Kier alpha value is -3.01. The maximum Gasteiger partial charge on any atom is 0.302 e. The van der Waals surface area contributed by atoms with Crippen LogP contribution in [0.15, 0.2) is 30.3 Å². The zero-order valence-electron chi connectivity index (χ0n) is 14.9. The van der Waals surface area contributed by atoms with Crippen molar-refractivity contribution in [1.82, 2.24) is 0 Å². The van der Waals surface area contributed by atoms with E-state index in [9.17, 15) is 35.4 Å². The Morgan fingerprint density at radius 1 is 1.00 bits per heavy atom. The molecule has 0 saturated heterocycles. The molecule has 0 aliphatic carbocycles. The molecule has 0 saturated carbocycles. The van der Waals surface area contributed by atoms with Crippen LogP contribution in [0.5, 0.6) is 28.7 Å². The minimum atomic E-state index is -3.30. The number of Topliss-reactive ketones (excluding diaryl/α,β-unsaturated/α-hetero) is 1. The van der Waals surface area contributed by atoms with Gasteiger partial charge in [-0.2, -0.15) is 0 Å². The monoisotopic (exact) mass is 392 g/mol. The van der Waals surface area contributed by atoms with Crippen LogP contribution in [-0.4, -0.2) is 48.8 Å². The first-order valence-corrected chi connectivity index (χ1v) is 8.55. The van der Waals surface area contributed by atoms with E-state index < -0.39 is 45.9 Å². The predicted molar refractivity (Wildman–Crippen MR) is 94.2 cm³/mol. The van der Waals surface area contributed by atoms with E-state index >= 15 is 0 Å². The molecule has 1 unspecified atom stereocenters. The number of hydrogen-bond donors (Lipinski definition) is 6. The van der Waals surface area contributed by atoms with Gasteiger partial charge < -0.3 is 40.1 Å². The van der Waals surface area contributed by atoms with Gasteiger partial charge in [-0.1, -0.05) is 13.3 Å². The fourth-order valence-corrected chi connectivity index (χ4v) is 3.01. The summed E-state index contributed by atoms with van der Waals surface area (Å²) in [4.78, 5) is 12.8. The van der Waals surface area contributed by atoms with Gasteiger partial charge in [-0.25, -0.2) is 0 Å². The van der Waals surface area contributed by atoms with E-state index in [2.05, 4.69) is 0 Å². The summed E-state index contributed by atoms with van der Waals surface area (Å²) in [7, 11) is 0. The maximum absolute atomic E-state index is 12.8. The fraction of sp³-hybridized carbons (Fsp3) is 0.316. The van der Waals surface area contributed by atoms with Crippen molar-refractivity contribution in [2.75, 3.05) is 6.61 Å². The van der Waals surface area contributed by atoms with E-state index in [1.807, 2.05) is 6.92 Å². The molecule has 28 heavy (non-hydrogen) atoms. The zero-order valence-corrected chi connectivity index (χ0v) is 14.9. The second-order valence-electron chi connectivity index (χ2n) is 6.46. The number of aliphatic hydroxyl groups is 2. The van der Waals surface area contributed by atoms with Gasteiger partial charge in [0.05, 0.1) is 6.61 Å². The Labute approximate surface area is 159 Å². The summed E-state index contributed by atoms with van der Waals surface area (Å²) in [6, 6.07) is 5.08. The molecule has 0 spiro atoms. The van der Waals surface area contributed by atoms with Crippen molar-refractivity contribution < 1.29 is 44.9 Å². The van der Waals surface area contributed by atoms with Crippen molar-refractivity contribution in [2.24, 2.45) is 0 Å². The van der Waals surface area contributed by atoms with Crippen molar-refractivity contribution in [3.05, 3.63) is 41.5 Å². The number of carbonyl (C=O) groups is 1. The molecule has 6 N–H and O–H groups in total. The maximum atomic E-state index is 12.8. The molecule has 0 radical (unpaired) electrons. The molecule has 0 aromatic heterocycles. The van der Waals surface area contributed by atoms with E-state index in [0.717, 1.165) is 24.3 Å². The topological polar surface area (TPSA) is 157 Å². The molecule has 1 aliphatic rings. The van der Waals surface area contributed by atoms with Crippen molar-refractivity contribution in [3.8, 4) is 28.7 Å². The van der Waals surface area contributed by atoms with Crippen LogP contribution in [0, 0.1) is 0 Å². The number of carbonyl (C=O) groups excluding carboxylic acids is 1. The van der Waals surface area contributed by atoms with E-state index in [1.165, 1.54) is 6.07 Å². The van der Waals surface area contributed by atoms with Crippen molar-refractivity contribution in [3.63, 3.8) is 0 Å². The van der Waals surface area contributed by atoms with E-state index in [-0.39, 0.29) is 17.9 Å². The smallest absolute Gasteiger partial charge is 0.302 e. The lowest BCUT2D eigenvalue weighted by Gasteiger charge is -2.45. The summed E-state index contributed by atoms with van der Waals surface area (Å²) in [5.41, 5.74) is -0.716. The highest BCUT2D eigenvalue weighted by molar-refractivity contribution is 6.07. The normalized spacial score (nSPS) is 20.5. The van der Waals surface area contributed by atoms with Gasteiger partial charge in [0.2, 0.25) is 5.78 Å². The lowest BCUT2D eigenvalue weighted by atomic mass is 9.86. The first-order valence-electron chi connectivity index (χ1n) is 8.55.